The van der Waals surface area contributed by atoms with E-state index in [4.69, 9.17) is 4.42 Å². The molecule has 0 bridgehead atoms. The van der Waals surface area contributed by atoms with Gasteiger partial charge in [-0.25, -0.2) is 0 Å². The molecule has 2 nitrogen and oxygen atoms in total. The van der Waals surface area contributed by atoms with E-state index in [2.05, 4.69) is 152 Å². The molecule has 0 unspecified atom stereocenters. The fourth-order valence-corrected chi connectivity index (χ4v) is 12.0. The molecule has 0 saturated carbocycles. The van der Waals surface area contributed by atoms with Crippen LogP contribution in [-0.4, -0.2) is 0 Å². The fourth-order valence-electron chi connectivity index (χ4n) is 9.30. The molecule has 11 rings (SSSR count). The van der Waals surface area contributed by atoms with Crippen molar-refractivity contribution < 1.29 is 8.98 Å². The Hall–Kier alpha value is -6.73. The van der Waals surface area contributed by atoms with E-state index in [0.717, 1.165) is 71.2 Å². The van der Waals surface area contributed by atoms with Gasteiger partial charge in [0.1, 0.15) is 11.2 Å². The quantitative estimate of drug-likeness (QED) is 0.159. The van der Waals surface area contributed by atoms with E-state index in [0.29, 0.717) is 0 Å². The summed E-state index contributed by atoms with van der Waals surface area (Å²) < 4.78 is 22.3. The van der Waals surface area contributed by atoms with Gasteiger partial charge >= 0.3 is 0 Å². The third kappa shape index (κ3) is 4.73. The zero-order chi connectivity index (χ0) is 37.3. The van der Waals surface area contributed by atoms with E-state index in [1.54, 1.807) is 0 Å². The number of hydrogen-bond donors (Lipinski definition) is 0. The zero-order valence-electron chi connectivity index (χ0n) is 30.5. The maximum Gasteiger partial charge on any atom is 0.171 e. The summed E-state index contributed by atoms with van der Waals surface area (Å²) in [5, 5.41) is 7.11. The van der Waals surface area contributed by atoms with Crippen LogP contribution in [0.3, 0.4) is 0 Å². The first kappa shape index (κ1) is 32.7. The number of rotatable bonds is 6. The topological polar surface area (TPSA) is 30.2 Å². The van der Waals surface area contributed by atoms with Crippen molar-refractivity contribution in [2.75, 3.05) is 0 Å². The first-order chi connectivity index (χ1) is 27.6. The average Bonchev–Trinajstić information content (AvgIpc) is 3.80. The van der Waals surface area contributed by atoms with E-state index < -0.39 is 12.6 Å². The molecule has 9 aromatic carbocycles. The number of hydrogen-bond acceptors (Lipinski definition) is 2. The third-order valence-corrected chi connectivity index (χ3v) is 14.9. The monoisotopic (exact) mass is 734 g/mol. The van der Waals surface area contributed by atoms with Crippen molar-refractivity contribution in [1.29, 1.82) is 0 Å². The molecular weight excluding hydrogens is 700 g/mol. The Bertz CT molecular complexity index is 3070. The maximum atomic E-state index is 15.9. The van der Waals surface area contributed by atoms with Gasteiger partial charge in [-0.15, -0.1) is 0 Å². The molecule has 0 amide bonds. The van der Waals surface area contributed by atoms with Gasteiger partial charge in [0.15, 0.2) is 7.14 Å². The van der Waals surface area contributed by atoms with E-state index >= 15 is 4.57 Å². The highest BCUT2D eigenvalue weighted by Gasteiger charge is 2.47. The number of benzene rings is 9. The normalized spacial score (nSPS) is 13.2. The Morgan fingerprint density at radius 2 is 0.911 bits per heavy atom. The molecule has 0 atom stereocenters. The van der Waals surface area contributed by atoms with Gasteiger partial charge in [0.25, 0.3) is 0 Å². The largest absolute Gasteiger partial charge is 0.456 e. The van der Waals surface area contributed by atoms with Gasteiger partial charge in [-0.1, -0.05) is 182 Å². The molecular formula is C53H35O2P. The van der Waals surface area contributed by atoms with Crippen molar-refractivity contribution in [3.63, 3.8) is 0 Å². The number of fused-ring (bicyclic) bond motifs is 8. The van der Waals surface area contributed by atoms with E-state index in [1.165, 1.54) is 21.9 Å². The second-order valence-electron chi connectivity index (χ2n) is 14.7. The highest BCUT2D eigenvalue weighted by Crippen LogP contribution is 2.58. The van der Waals surface area contributed by atoms with Crippen LogP contribution in [0.5, 0.6) is 0 Å². The van der Waals surface area contributed by atoms with Crippen molar-refractivity contribution in [3.8, 4) is 22.3 Å². The maximum absolute atomic E-state index is 15.9. The summed E-state index contributed by atoms with van der Waals surface area (Å²) in [6.45, 7) is 0. The molecule has 0 fully saturated rings. The minimum absolute atomic E-state index is 0.681. The predicted octanol–water partition coefficient (Wildman–Crippen LogP) is 12.4. The van der Waals surface area contributed by atoms with E-state index in [9.17, 15) is 0 Å². The minimum Gasteiger partial charge on any atom is -0.456 e. The second kappa shape index (κ2) is 12.7. The Labute approximate surface area is 325 Å². The van der Waals surface area contributed by atoms with E-state index in [-0.39, 0.29) is 0 Å². The summed E-state index contributed by atoms with van der Waals surface area (Å²) in [5.41, 5.74) is 10.3. The molecule has 1 aliphatic carbocycles. The molecule has 10 aromatic rings. The van der Waals surface area contributed by atoms with E-state index in [1.807, 2.05) is 60.7 Å². The standard InChI is InChI=1S/C53H35O2P/c54-56(41-20-9-3-10-21-41,42-22-11-4-12-23-42)43-28-30-46-45-29-25-38(37-27-31-50-47(33-37)52-44-24-14-13-15-36(44)26-32-51(52)55-50)34-48(45)53(49(46)35-43,39-16-5-1-6-17-39)40-18-7-2-8-19-40/h1-35H. The SMILES string of the molecule is O=P(c1ccccc1)(c1ccccc1)c1ccc2c(c1)C(c1ccccc1)(c1ccccc1)c1cc(-c3ccc4oc5ccc6ccccc6c5c4c3)ccc1-2. The van der Waals surface area contributed by atoms with Crippen molar-refractivity contribution in [1.82, 2.24) is 0 Å². The summed E-state index contributed by atoms with van der Waals surface area (Å²) in [7, 11) is -3.27. The van der Waals surface area contributed by atoms with Gasteiger partial charge in [-0.2, -0.15) is 0 Å². The molecule has 1 heterocycles. The molecule has 264 valence electrons. The van der Waals surface area contributed by atoms with Crippen LogP contribution in [0.15, 0.2) is 217 Å². The third-order valence-electron chi connectivity index (χ3n) is 11.8. The smallest absolute Gasteiger partial charge is 0.171 e. The Morgan fingerprint density at radius 1 is 0.393 bits per heavy atom. The molecule has 0 aliphatic heterocycles. The van der Waals surface area contributed by atoms with Crippen LogP contribution >= 0.6 is 7.14 Å². The number of furan rings is 1. The van der Waals surface area contributed by atoms with Gasteiger partial charge < -0.3 is 8.98 Å². The summed E-state index contributed by atoms with van der Waals surface area (Å²) in [5.74, 6) is 0. The van der Waals surface area contributed by atoms with Gasteiger partial charge in [0, 0.05) is 26.7 Å². The zero-order valence-corrected chi connectivity index (χ0v) is 31.4. The van der Waals surface area contributed by atoms with Crippen LogP contribution in [0.2, 0.25) is 0 Å². The van der Waals surface area contributed by atoms with Crippen LogP contribution in [0.1, 0.15) is 22.3 Å². The summed E-state index contributed by atoms with van der Waals surface area (Å²) >= 11 is 0. The minimum atomic E-state index is -3.27. The summed E-state index contributed by atoms with van der Waals surface area (Å²) in [6.07, 6.45) is 0. The Kier molecular flexibility index (Phi) is 7.39. The Balaban J connectivity index is 1.18. The van der Waals surface area contributed by atoms with Crippen LogP contribution in [-0.2, 0) is 9.98 Å². The van der Waals surface area contributed by atoms with Crippen molar-refractivity contribution >= 4 is 55.8 Å². The van der Waals surface area contributed by atoms with Crippen LogP contribution in [0.25, 0.3) is 55.0 Å². The lowest BCUT2D eigenvalue weighted by Crippen LogP contribution is -2.31. The highest BCUT2D eigenvalue weighted by molar-refractivity contribution is 7.85. The van der Waals surface area contributed by atoms with Gasteiger partial charge in [0.05, 0.1) is 5.41 Å². The lowest BCUT2D eigenvalue weighted by Gasteiger charge is -2.34. The van der Waals surface area contributed by atoms with Crippen LogP contribution in [0.4, 0.5) is 0 Å². The molecule has 0 spiro atoms. The Morgan fingerprint density at radius 3 is 1.57 bits per heavy atom. The summed E-state index contributed by atoms with van der Waals surface area (Å²) in [6, 6.07) is 74.4. The predicted molar refractivity (Wildman–Crippen MR) is 233 cm³/mol. The fraction of sp³-hybridized carbons (Fsp3) is 0.0189. The van der Waals surface area contributed by atoms with Gasteiger partial charge in [-0.05, 0) is 85.6 Å². The molecule has 0 radical (unpaired) electrons. The van der Waals surface area contributed by atoms with Crippen LogP contribution < -0.4 is 15.9 Å². The molecule has 1 aromatic heterocycles. The van der Waals surface area contributed by atoms with Crippen LogP contribution in [0, 0.1) is 0 Å². The molecule has 3 heteroatoms. The summed E-state index contributed by atoms with van der Waals surface area (Å²) in [4.78, 5) is 0. The lowest BCUT2D eigenvalue weighted by atomic mass is 9.67. The molecule has 0 N–H and O–H groups in total. The average molecular weight is 735 g/mol. The van der Waals surface area contributed by atoms with Crippen molar-refractivity contribution in [3.05, 3.63) is 235 Å². The lowest BCUT2D eigenvalue weighted by molar-refractivity contribution is 0.592. The molecule has 0 saturated heterocycles. The first-order valence-corrected chi connectivity index (χ1v) is 20.8. The second-order valence-corrected chi connectivity index (χ2v) is 17.5. The van der Waals surface area contributed by atoms with Crippen molar-refractivity contribution in [2.24, 2.45) is 0 Å². The van der Waals surface area contributed by atoms with Gasteiger partial charge in [0.2, 0.25) is 0 Å². The highest BCUT2D eigenvalue weighted by atomic mass is 31.2. The van der Waals surface area contributed by atoms with Crippen molar-refractivity contribution in [2.45, 2.75) is 5.41 Å². The molecule has 1 aliphatic rings. The van der Waals surface area contributed by atoms with Gasteiger partial charge in [-0.3, -0.25) is 0 Å². The first-order valence-electron chi connectivity index (χ1n) is 19.1. The molecule has 56 heavy (non-hydrogen) atoms.